The van der Waals surface area contributed by atoms with Gasteiger partial charge in [0.2, 0.25) is 0 Å². The topological polar surface area (TPSA) is 32.7 Å². The highest BCUT2D eigenvalue weighted by atomic mass is 127. The number of rotatable bonds is 2. The molecule has 1 heterocycles. The van der Waals surface area contributed by atoms with E-state index in [2.05, 4.69) is 27.7 Å². The lowest BCUT2D eigenvalue weighted by Gasteiger charge is -2.10. The van der Waals surface area contributed by atoms with E-state index in [9.17, 15) is 18.0 Å². The Hall–Kier alpha value is -2.16. The molecule has 2 aromatic carbocycles. The van der Waals surface area contributed by atoms with Crippen molar-refractivity contribution in [2.45, 2.75) is 6.18 Å². The first-order valence-corrected chi connectivity index (χ1v) is 7.97. The molecular weight excluding hydrogens is 432 g/mol. The number of halogens is 4. The van der Waals surface area contributed by atoms with E-state index < -0.39 is 23.4 Å². The largest absolute Gasteiger partial charge is 0.435 e. The highest BCUT2D eigenvalue weighted by Gasteiger charge is 2.46. The van der Waals surface area contributed by atoms with Gasteiger partial charge in [0.05, 0.1) is 11.3 Å². The van der Waals surface area contributed by atoms with E-state index in [0.29, 0.717) is 5.56 Å². The van der Waals surface area contributed by atoms with Crippen LogP contribution in [0, 0.1) is 3.57 Å². The van der Waals surface area contributed by atoms with Crippen LogP contribution in [0.25, 0.3) is 6.08 Å². The highest BCUT2D eigenvalue weighted by Crippen LogP contribution is 2.32. The average molecular weight is 442 g/mol. The van der Waals surface area contributed by atoms with E-state index >= 15 is 0 Å². The highest BCUT2D eigenvalue weighted by molar-refractivity contribution is 14.1. The van der Waals surface area contributed by atoms with E-state index in [1.165, 1.54) is 18.2 Å². The first-order valence-electron chi connectivity index (χ1n) is 6.89. The monoisotopic (exact) mass is 442 g/mol. The Balaban J connectivity index is 2.06. The molecule has 1 amide bonds. The lowest BCUT2D eigenvalue weighted by Crippen LogP contribution is -2.25. The van der Waals surface area contributed by atoms with Crippen molar-refractivity contribution in [3.8, 4) is 0 Å². The summed E-state index contributed by atoms with van der Waals surface area (Å²) in [6, 6.07) is 14.9. The fourth-order valence-corrected chi connectivity index (χ4v) is 2.58. The molecule has 0 N–H and O–H groups in total. The smallest absolute Gasteiger partial charge is 0.267 e. The van der Waals surface area contributed by atoms with Gasteiger partial charge in [-0.3, -0.25) is 4.79 Å². The summed E-state index contributed by atoms with van der Waals surface area (Å²) in [5.41, 5.74) is -0.858. The van der Waals surface area contributed by atoms with E-state index in [1.807, 2.05) is 0 Å². The van der Waals surface area contributed by atoms with Crippen LogP contribution in [-0.4, -0.2) is 17.8 Å². The van der Waals surface area contributed by atoms with Gasteiger partial charge < -0.3 is 0 Å². The summed E-state index contributed by atoms with van der Waals surface area (Å²) in [6.07, 6.45) is -3.50. The summed E-state index contributed by atoms with van der Waals surface area (Å²) in [5, 5.41) is 4.29. The number of amides is 1. The maximum Gasteiger partial charge on any atom is 0.435 e. The number of hydrazone groups is 1. The molecule has 0 spiro atoms. The van der Waals surface area contributed by atoms with E-state index in [-0.39, 0.29) is 5.69 Å². The number of carbonyl (C=O) groups is 1. The molecule has 0 aliphatic carbocycles. The van der Waals surface area contributed by atoms with Gasteiger partial charge in [-0.2, -0.15) is 23.3 Å². The van der Waals surface area contributed by atoms with Crippen molar-refractivity contribution < 1.29 is 18.0 Å². The predicted octanol–water partition coefficient (Wildman–Crippen LogP) is 4.64. The molecule has 1 aliphatic rings. The Labute approximate surface area is 149 Å². The molecule has 0 atom stereocenters. The van der Waals surface area contributed by atoms with Crippen LogP contribution in [0.5, 0.6) is 0 Å². The maximum absolute atomic E-state index is 13.3. The van der Waals surface area contributed by atoms with Crippen molar-refractivity contribution >= 4 is 46.0 Å². The minimum Gasteiger partial charge on any atom is -0.267 e. The summed E-state index contributed by atoms with van der Waals surface area (Å²) in [4.78, 5) is 12.5. The summed E-state index contributed by atoms with van der Waals surface area (Å²) in [6.45, 7) is 0. The summed E-state index contributed by atoms with van der Waals surface area (Å²) in [7, 11) is 0. The number of carbonyl (C=O) groups excluding carboxylic acids is 1. The van der Waals surface area contributed by atoms with E-state index in [0.717, 1.165) is 8.58 Å². The number of hydrogen-bond donors (Lipinski definition) is 0. The number of hydrogen-bond acceptors (Lipinski definition) is 2. The Morgan fingerprint density at radius 1 is 1.00 bits per heavy atom. The number of alkyl halides is 3. The summed E-state index contributed by atoms with van der Waals surface area (Å²) < 4.78 is 40.8. The first kappa shape index (κ1) is 16.7. The van der Waals surface area contributed by atoms with Crippen LogP contribution in [-0.2, 0) is 4.79 Å². The summed E-state index contributed by atoms with van der Waals surface area (Å²) in [5.74, 6) is -0.799. The zero-order valence-corrected chi connectivity index (χ0v) is 14.2. The van der Waals surface area contributed by atoms with Crippen molar-refractivity contribution in [2.75, 3.05) is 5.01 Å². The van der Waals surface area contributed by atoms with Crippen molar-refractivity contribution in [3.05, 3.63) is 69.3 Å². The fraction of sp³-hybridized carbons (Fsp3) is 0.0588. The number of nitrogens with zero attached hydrogens (tertiary/aromatic N) is 2. The maximum atomic E-state index is 13.3. The molecule has 3 rings (SSSR count). The molecule has 122 valence electrons. The molecule has 1 aliphatic heterocycles. The van der Waals surface area contributed by atoms with Crippen LogP contribution in [0.1, 0.15) is 5.56 Å². The van der Waals surface area contributed by atoms with Crippen LogP contribution in [0.2, 0.25) is 0 Å². The second kappa shape index (κ2) is 6.39. The molecule has 0 saturated heterocycles. The van der Waals surface area contributed by atoms with Crippen molar-refractivity contribution in [1.29, 1.82) is 0 Å². The number of benzene rings is 2. The average Bonchev–Trinajstić information content (AvgIpc) is 2.88. The molecule has 0 radical (unpaired) electrons. The van der Waals surface area contributed by atoms with Crippen LogP contribution in [0.4, 0.5) is 18.9 Å². The zero-order chi connectivity index (χ0) is 17.3. The minimum absolute atomic E-state index is 0.287. The Kier molecular flexibility index (Phi) is 4.44. The first-order chi connectivity index (χ1) is 11.4. The quantitative estimate of drug-likeness (QED) is 0.493. The van der Waals surface area contributed by atoms with E-state index in [4.69, 9.17) is 0 Å². The van der Waals surface area contributed by atoms with Crippen LogP contribution < -0.4 is 5.01 Å². The third kappa shape index (κ3) is 3.35. The third-order valence-electron chi connectivity index (χ3n) is 3.33. The van der Waals surface area contributed by atoms with Gasteiger partial charge in [-0.15, -0.1) is 0 Å². The van der Waals surface area contributed by atoms with Crippen LogP contribution in [0.15, 0.2) is 65.3 Å². The van der Waals surface area contributed by atoms with Crippen molar-refractivity contribution in [3.63, 3.8) is 0 Å². The SMILES string of the molecule is O=C1/C(=C\c2ccc(I)cc2)C(C(F)(F)F)=NN1c1ccccc1. The third-order valence-corrected chi connectivity index (χ3v) is 4.05. The van der Waals surface area contributed by atoms with E-state index in [1.54, 1.807) is 42.5 Å². The molecule has 24 heavy (non-hydrogen) atoms. The molecule has 0 saturated carbocycles. The minimum atomic E-state index is -4.71. The van der Waals surface area contributed by atoms with Gasteiger partial charge in [-0.05, 0) is 58.5 Å². The molecule has 2 aromatic rings. The number of anilines is 1. The van der Waals surface area contributed by atoms with Gasteiger partial charge in [0.15, 0.2) is 5.71 Å². The van der Waals surface area contributed by atoms with Crippen molar-refractivity contribution in [1.82, 2.24) is 0 Å². The van der Waals surface area contributed by atoms with Gasteiger partial charge in [-0.25, -0.2) is 0 Å². The van der Waals surface area contributed by atoms with Gasteiger partial charge in [0, 0.05) is 3.57 Å². The lowest BCUT2D eigenvalue weighted by atomic mass is 10.1. The molecule has 0 unspecified atom stereocenters. The molecular formula is C17H10F3IN2O. The van der Waals surface area contributed by atoms with Crippen LogP contribution >= 0.6 is 22.6 Å². The van der Waals surface area contributed by atoms with Gasteiger partial charge >= 0.3 is 6.18 Å². The van der Waals surface area contributed by atoms with Gasteiger partial charge in [0.25, 0.3) is 5.91 Å². The molecule has 3 nitrogen and oxygen atoms in total. The second-order valence-corrected chi connectivity index (χ2v) is 6.25. The summed E-state index contributed by atoms with van der Waals surface area (Å²) >= 11 is 2.09. The lowest BCUT2D eigenvalue weighted by molar-refractivity contribution is -0.114. The predicted molar refractivity (Wildman–Crippen MR) is 94.6 cm³/mol. The Morgan fingerprint density at radius 3 is 2.21 bits per heavy atom. The molecule has 0 fully saturated rings. The number of para-hydroxylation sites is 1. The molecule has 0 bridgehead atoms. The molecule has 7 heteroatoms. The van der Waals surface area contributed by atoms with Crippen molar-refractivity contribution in [2.24, 2.45) is 5.10 Å². The Morgan fingerprint density at radius 2 is 1.62 bits per heavy atom. The standard InChI is InChI=1S/C17H10F3IN2O/c18-17(19,20)15-14(10-11-6-8-12(21)9-7-11)16(24)23(22-15)13-4-2-1-3-5-13/h1-10H/b14-10-. The van der Waals surface area contributed by atoms with Gasteiger partial charge in [-0.1, -0.05) is 30.3 Å². The zero-order valence-electron chi connectivity index (χ0n) is 12.1. The van der Waals surface area contributed by atoms with Crippen LogP contribution in [0.3, 0.4) is 0 Å². The van der Waals surface area contributed by atoms with Gasteiger partial charge in [0.1, 0.15) is 0 Å². The molecule has 0 aromatic heterocycles. The fourth-order valence-electron chi connectivity index (χ4n) is 2.22. The normalized spacial score (nSPS) is 16.7. The second-order valence-electron chi connectivity index (χ2n) is 5.01. The Bertz CT molecular complexity index is 827.